The zero-order valence-electron chi connectivity index (χ0n) is 8.83. The quantitative estimate of drug-likeness (QED) is 0.670. The fourth-order valence-electron chi connectivity index (χ4n) is 1.55. The van der Waals surface area contributed by atoms with Crippen molar-refractivity contribution in [3.63, 3.8) is 0 Å². The summed E-state index contributed by atoms with van der Waals surface area (Å²) in [7, 11) is 3.28. The van der Waals surface area contributed by atoms with E-state index in [2.05, 4.69) is 0 Å². The molecule has 0 spiro atoms. The van der Waals surface area contributed by atoms with Crippen molar-refractivity contribution in [2.24, 2.45) is 5.92 Å². The Bertz CT molecular complexity index is 371. The van der Waals surface area contributed by atoms with Crippen LogP contribution in [0.5, 0.6) is 0 Å². The van der Waals surface area contributed by atoms with Crippen molar-refractivity contribution in [3.05, 3.63) is 10.7 Å². The molecule has 0 aromatic heterocycles. The van der Waals surface area contributed by atoms with Crippen LogP contribution in [-0.4, -0.2) is 36.3 Å². The SMILES string of the molecule is CC(=O)CC1C(=O)C(Cl)=C(N(C)C)C1=O. The molecule has 1 aliphatic carbocycles. The summed E-state index contributed by atoms with van der Waals surface area (Å²) in [6.07, 6.45) is -0.0643. The van der Waals surface area contributed by atoms with Gasteiger partial charge in [0.15, 0.2) is 11.6 Å². The molecule has 4 nitrogen and oxygen atoms in total. The lowest BCUT2D eigenvalue weighted by atomic mass is 9.98. The fraction of sp³-hybridized carbons (Fsp3) is 0.500. The van der Waals surface area contributed by atoms with Crippen molar-refractivity contribution in [1.82, 2.24) is 4.90 Å². The molecular weight excluding hydrogens is 218 g/mol. The van der Waals surface area contributed by atoms with Gasteiger partial charge in [-0.15, -0.1) is 0 Å². The highest BCUT2D eigenvalue weighted by Gasteiger charge is 2.41. The van der Waals surface area contributed by atoms with Gasteiger partial charge in [-0.2, -0.15) is 0 Å². The van der Waals surface area contributed by atoms with E-state index in [9.17, 15) is 14.4 Å². The van der Waals surface area contributed by atoms with Crippen molar-refractivity contribution >= 4 is 29.0 Å². The predicted octanol–water partition coefficient (Wildman–Crippen LogP) is 0.746. The van der Waals surface area contributed by atoms with Gasteiger partial charge in [-0.3, -0.25) is 14.4 Å². The number of rotatable bonds is 3. The summed E-state index contributed by atoms with van der Waals surface area (Å²) in [4.78, 5) is 35.7. The summed E-state index contributed by atoms with van der Waals surface area (Å²) in [5.41, 5.74) is 0.202. The second-order valence-electron chi connectivity index (χ2n) is 3.74. The number of hydrogen-bond donors (Lipinski definition) is 0. The average molecular weight is 230 g/mol. The fourth-order valence-corrected chi connectivity index (χ4v) is 1.95. The van der Waals surface area contributed by atoms with Gasteiger partial charge in [0.05, 0.1) is 5.92 Å². The minimum absolute atomic E-state index is 0.0590. The molecule has 0 heterocycles. The number of carbonyl (C=O) groups is 3. The smallest absolute Gasteiger partial charge is 0.191 e. The molecule has 0 N–H and O–H groups in total. The van der Waals surface area contributed by atoms with E-state index >= 15 is 0 Å². The van der Waals surface area contributed by atoms with Gasteiger partial charge >= 0.3 is 0 Å². The van der Waals surface area contributed by atoms with Crippen LogP contribution in [0.25, 0.3) is 0 Å². The van der Waals surface area contributed by atoms with Gasteiger partial charge in [-0.05, 0) is 6.92 Å². The van der Waals surface area contributed by atoms with Crippen molar-refractivity contribution in [1.29, 1.82) is 0 Å². The van der Waals surface area contributed by atoms with Crippen LogP contribution in [0.3, 0.4) is 0 Å². The van der Waals surface area contributed by atoms with Crippen molar-refractivity contribution < 1.29 is 14.4 Å². The maximum Gasteiger partial charge on any atom is 0.191 e. The predicted molar refractivity (Wildman–Crippen MR) is 55.4 cm³/mol. The van der Waals surface area contributed by atoms with Crippen LogP contribution in [-0.2, 0) is 14.4 Å². The number of likely N-dealkylation sites (N-methyl/N-ethyl adjacent to an activating group) is 1. The van der Waals surface area contributed by atoms with Crippen LogP contribution in [0, 0.1) is 5.92 Å². The van der Waals surface area contributed by atoms with E-state index in [4.69, 9.17) is 11.6 Å². The normalized spacial score (nSPS) is 21.2. The Balaban J connectivity index is 3.01. The first-order valence-electron chi connectivity index (χ1n) is 4.51. The maximum absolute atomic E-state index is 11.7. The summed E-state index contributed by atoms with van der Waals surface area (Å²) in [5, 5.41) is -0.0590. The molecule has 82 valence electrons. The molecule has 0 amide bonds. The van der Waals surface area contributed by atoms with Crippen LogP contribution in [0.1, 0.15) is 13.3 Å². The highest BCUT2D eigenvalue weighted by Crippen LogP contribution is 2.30. The van der Waals surface area contributed by atoms with Crippen LogP contribution in [0.4, 0.5) is 0 Å². The van der Waals surface area contributed by atoms with Crippen molar-refractivity contribution in [3.8, 4) is 0 Å². The Morgan fingerprint density at radius 2 is 1.87 bits per heavy atom. The van der Waals surface area contributed by atoms with Crippen LogP contribution < -0.4 is 0 Å². The second-order valence-corrected chi connectivity index (χ2v) is 4.12. The van der Waals surface area contributed by atoms with E-state index in [1.807, 2.05) is 0 Å². The Kier molecular flexibility index (Phi) is 3.29. The van der Waals surface area contributed by atoms with Gasteiger partial charge < -0.3 is 4.90 Å². The number of hydrogen-bond acceptors (Lipinski definition) is 4. The second kappa shape index (κ2) is 4.14. The number of allylic oxidation sites excluding steroid dienone is 2. The first-order chi connectivity index (χ1) is 6.86. The molecule has 0 aromatic rings. The van der Waals surface area contributed by atoms with Crippen LogP contribution in [0.15, 0.2) is 10.7 Å². The molecular formula is C10H12ClNO3. The molecule has 1 rings (SSSR count). The third-order valence-corrected chi connectivity index (χ3v) is 2.59. The molecule has 1 atom stereocenters. The third-order valence-electron chi connectivity index (χ3n) is 2.23. The molecule has 0 radical (unpaired) electrons. The van der Waals surface area contributed by atoms with Gasteiger partial charge in [-0.1, -0.05) is 11.6 Å². The molecule has 1 unspecified atom stereocenters. The Morgan fingerprint density at radius 1 is 1.33 bits per heavy atom. The van der Waals surface area contributed by atoms with Crippen LogP contribution >= 0.6 is 11.6 Å². The third kappa shape index (κ3) is 2.09. The van der Waals surface area contributed by atoms with Crippen molar-refractivity contribution in [2.75, 3.05) is 14.1 Å². The molecule has 0 aliphatic heterocycles. The van der Waals surface area contributed by atoms with Gasteiger partial charge in [0.1, 0.15) is 16.5 Å². The highest BCUT2D eigenvalue weighted by atomic mass is 35.5. The molecule has 0 bridgehead atoms. The molecule has 0 saturated heterocycles. The summed E-state index contributed by atoms with van der Waals surface area (Å²) in [6.45, 7) is 1.35. The molecule has 0 saturated carbocycles. The van der Waals surface area contributed by atoms with E-state index in [1.54, 1.807) is 14.1 Å². The summed E-state index contributed by atoms with van der Waals surface area (Å²) in [6, 6.07) is 0. The number of carbonyl (C=O) groups excluding carboxylic acids is 3. The first-order valence-corrected chi connectivity index (χ1v) is 4.89. The largest absolute Gasteiger partial charge is 0.373 e. The summed E-state index contributed by atoms with van der Waals surface area (Å²) in [5.74, 6) is -1.90. The molecule has 0 aromatic carbocycles. The van der Waals surface area contributed by atoms with Gasteiger partial charge in [0.25, 0.3) is 0 Å². The number of ketones is 3. The number of nitrogens with zero attached hydrogens (tertiary/aromatic N) is 1. The van der Waals surface area contributed by atoms with E-state index < -0.39 is 11.7 Å². The molecule has 1 aliphatic rings. The topological polar surface area (TPSA) is 54.5 Å². The van der Waals surface area contributed by atoms with E-state index in [0.717, 1.165) is 0 Å². The Hall–Kier alpha value is -1.16. The van der Waals surface area contributed by atoms with Crippen molar-refractivity contribution in [2.45, 2.75) is 13.3 Å². The van der Waals surface area contributed by atoms with E-state index in [0.29, 0.717) is 0 Å². The van der Waals surface area contributed by atoms with E-state index in [1.165, 1.54) is 11.8 Å². The van der Waals surface area contributed by atoms with Gasteiger partial charge in [-0.25, -0.2) is 0 Å². The minimum atomic E-state index is -0.910. The average Bonchev–Trinajstić information content (AvgIpc) is 2.29. The van der Waals surface area contributed by atoms with Crippen LogP contribution in [0.2, 0.25) is 0 Å². The van der Waals surface area contributed by atoms with E-state index in [-0.39, 0.29) is 28.7 Å². The molecule has 0 fully saturated rings. The maximum atomic E-state index is 11.7. The zero-order chi connectivity index (χ0) is 11.7. The zero-order valence-corrected chi connectivity index (χ0v) is 9.59. The Labute approximate surface area is 92.9 Å². The highest BCUT2D eigenvalue weighted by molar-refractivity contribution is 6.49. The Morgan fingerprint density at radius 3 is 2.20 bits per heavy atom. The van der Waals surface area contributed by atoms with Gasteiger partial charge in [0.2, 0.25) is 0 Å². The standard InChI is InChI=1S/C10H12ClNO3/c1-5(13)4-6-9(14)7(11)8(10(6)15)12(2)3/h6H,4H2,1-3H3. The lowest BCUT2D eigenvalue weighted by molar-refractivity contribution is -0.131. The monoisotopic (exact) mass is 229 g/mol. The number of halogens is 1. The minimum Gasteiger partial charge on any atom is -0.373 e. The summed E-state index contributed by atoms with van der Waals surface area (Å²) >= 11 is 5.75. The lowest BCUT2D eigenvalue weighted by Gasteiger charge is -2.13. The molecule has 5 heteroatoms. The summed E-state index contributed by atoms with van der Waals surface area (Å²) < 4.78 is 0. The first kappa shape index (κ1) is 11.9. The molecule has 15 heavy (non-hydrogen) atoms. The van der Waals surface area contributed by atoms with Gasteiger partial charge in [0, 0.05) is 20.5 Å². The lowest BCUT2D eigenvalue weighted by Crippen LogP contribution is -2.24. The number of Topliss-reactive ketones (excluding diaryl/α,β-unsaturated/α-hetero) is 3.